The minimum atomic E-state index is -4.22. The van der Waals surface area contributed by atoms with Crippen molar-refractivity contribution in [3.05, 3.63) is 23.8 Å². The molecule has 0 radical (unpaired) electrons. The largest absolute Gasteiger partial charge is 0.488 e. The topological polar surface area (TPSA) is 80.7 Å². The van der Waals surface area contributed by atoms with Gasteiger partial charge in [0.1, 0.15) is 0 Å². The molecule has 5 nitrogen and oxygen atoms in total. The van der Waals surface area contributed by atoms with Crippen molar-refractivity contribution < 1.29 is 31.8 Å². The van der Waals surface area contributed by atoms with Crippen molar-refractivity contribution >= 4 is 25.7 Å². The number of rotatable bonds is 8. The molecule has 0 heterocycles. The van der Waals surface area contributed by atoms with Gasteiger partial charge in [0.2, 0.25) is 0 Å². The normalized spacial score (nSPS) is 11.4. The second-order valence-electron chi connectivity index (χ2n) is 4.21. The molecule has 0 spiro atoms. The highest BCUT2D eigenvalue weighted by molar-refractivity contribution is 8.13. The van der Waals surface area contributed by atoms with Crippen molar-refractivity contribution in [1.82, 2.24) is 0 Å². The first-order valence-corrected chi connectivity index (χ1v) is 8.31. The number of carbonyl (C=O) groups is 1. The van der Waals surface area contributed by atoms with Gasteiger partial charge in [0.15, 0.2) is 17.4 Å². The molecule has 21 heavy (non-hydrogen) atoms. The molecule has 0 aliphatic carbocycles. The van der Waals surface area contributed by atoms with Gasteiger partial charge in [-0.1, -0.05) is 0 Å². The quantitative estimate of drug-likeness (QED) is 0.580. The summed E-state index contributed by atoms with van der Waals surface area (Å²) in [5.74, 6) is -3.93. The van der Waals surface area contributed by atoms with E-state index in [4.69, 9.17) is 20.5 Å². The molecule has 1 N–H and O–H groups in total. The van der Waals surface area contributed by atoms with E-state index in [1.807, 2.05) is 0 Å². The highest BCUT2D eigenvalue weighted by Gasteiger charge is 2.18. The number of hydrogen-bond donors (Lipinski definition) is 1. The fourth-order valence-corrected chi connectivity index (χ4v) is 2.30. The molecule has 1 aromatic rings. The summed E-state index contributed by atoms with van der Waals surface area (Å²) < 4.78 is 54.0. The molecule has 0 saturated carbocycles. The summed E-state index contributed by atoms with van der Waals surface area (Å²) in [6.07, 6.45) is 1.41. The molecule has 9 heteroatoms. The lowest BCUT2D eigenvalue weighted by molar-refractivity contribution is -0.137. The molecule has 0 bridgehead atoms. The third-order valence-electron chi connectivity index (χ3n) is 2.53. The van der Waals surface area contributed by atoms with Crippen LogP contribution < -0.4 is 4.74 Å². The Morgan fingerprint density at radius 3 is 2.24 bits per heavy atom. The Kier molecular flexibility index (Phi) is 6.35. The Morgan fingerprint density at radius 1 is 1.19 bits per heavy atom. The molecule has 0 aliphatic heterocycles. The van der Waals surface area contributed by atoms with Crippen LogP contribution in [0.5, 0.6) is 5.75 Å². The average Bonchev–Trinajstić information content (AvgIpc) is 2.34. The van der Waals surface area contributed by atoms with Gasteiger partial charge in [-0.2, -0.15) is 0 Å². The summed E-state index contributed by atoms with van der Waals surface area (Å²) in [6.45, 7) is -0.0135. The zero-order chi connectivity index (χ0) is 16.0. The van der Waals surface area contributed by atoms with E-state index in [0.29, 0.717) is 31.4 Å². The van der Waals surface area contributed by atoms with Crippen molar-refractivity contribution in [2.45, 2.75) is 30.6 Å². The highest BCUT2D eigenvalue weighted by atomic mass is 35.7. The van der Waals surface area contributed by atoms with E-state index in [-0.39, 0.29) is 13.0 Å². The van der Waals surface area contributed by atoms with Crippen LogP contribution in [-0.4, -0.2) is 26.1 Å². The van der Waals surface area contributed by atoms with Crippen LogP contribution >= 0.6 is 10.7 Å². The second kappa shape index (κ2) is 7.56. The first-order chi connectivity index (χ1) is 9.71. The van der Waals surface area contributed by atoms with Gasteiger partial charge in [-0.05, 0) is 31.4 Å². The molecule has 118 valence electrons. The lowest BCUT2D eigenvalue weighted by atomic mass is 10.2. The van der Waals surface area contributed by atoms with E-state index in [2.05, 4.69) is 0 Å². The van der Waals surface area contributed by atoms with Crippen LogP contribution in [0, 0.1) is 11.6 Å². The summed E-state index contributed by atoms with van der Waals surface area (Å²) in [6, 6.07) is 1.15. The predicted molar refractivity (Wildman–Crippen MR) is 71.0 cm³/mol. The number of halogens is 3. The van der Waals surface area contributed by atoms with Gasteiger partial charge in [0.05, 0.1) is 11.5 Å². The lowest BCUT2D eigenvalue weighted by Gasteiger charge is -2.09. The maximum atomic E-state index is 13.6. The van der Waals surface area contributed by atoms with Crippen molar-refractivity contribution in [1.29, 1.82) is 0 Å². The van der Waals surface area contributed by atoms with Gasteiger partial charge >= 0.3 is 5.97 Å². The Bertz CT molecular complexity index is 595. The zero-order valence-electron chi connectivity index (χ0n) is 10.8. The van der Waals surface area contributed by atoms with Gasteiger partial charge in [0, 0.05) is 17.1 Å². The smallest absolute Gasteiger partial charge is 0.303 e. The summed E-state index contributed by atoms with van der Waals surface area (Å²) >= 11 is 0. The number of ether oxygens (including phenoxy) is 1. The number of unbranched alkanes of at least 4 members (excludes halogenated alkanes) is 2. The minimum absolute atomic E-state index is 0.0135. The summed E-state index contributed by atoms with van der Waals surface area (Å²) in [4.78, 5) is 9.58. The van der Waals surface area contributed by atoms with Gasteiger partial charge in [-0.15, -0.1) is 0 Å². The summed E-state index contributed by atoms with van der Waals surface area (Å²) in [5, 5.41) is 8.42. The first-order valence-electron chi connectivity index (χ1n) is 6.00. The minimum Gasteiger partial charge on any atom is -0.488 e. The fraction of sp³-hybridized carbons (Fsp3) is 0.417. The highest BCUT2D eigenvalue weighted by Crippen LogP contribution is 2.27. The van der Waals surface area contributed by atoms with E-state index in [0.717, 1.165) is 0 Å². The van der Waals surface area contributed by atoms with Gasteiger partial charge in [0.25, 0.3) is 9.05 Å². The predicted octanol–water partition coefficient (Wildman–Crippen LogP) is 2.92. The van der Waals surface area contributed by atoms with Crippen LogP contribution in [0.3, 0.4) is 0 Å². The Balaban J connectivity index is 2.59. The Labute approximate surface area is 124 Å². The number of benzene rings is 1. The molecule has 0 saturated heterocycles. The van der Waals surface area contributed by atoms with Gasteiger partial charge < -0.3 is 9.84 Å². The molecule has 0 aromatic heterocycles. The fourth-order valence-electron chi connectivity index (χ4n) is 1.54. The van der Waals surface area contributed by atoms with E-state index in [1.54, 1.807) is 0 Å². The third kappa shape index (κ3) is 5.84. The van der Waals surface area contributed by atoms with E-state index in [1.165, 1.54) is 0 Å². The molecule has 1 rings (SSSR count). The average molecular weight is 343 g/mol. The summed E-state index contributed by atoms with van der Waals surface area (Å²) in [7, 11) is 0.768. The van der Waals surface area contributed by atoms with E-state index >= 15 is 0 Å². The monoisotopic (exact) mass is 342 g/mol. The summed E-state index contributed by atoms with van der Waals surface area (Å²) in [5.41, 5.74) is 0. The molecule has 0 fully saturated rings. The standard InChI is InChI=1S/C12H13ClF2O5S/c13-21(18,19)8-6-9(14)12(10(15)7-8)20-5-3-1-2-4-11(16)17/h6-7H,1-5H2,(H,16,17). The molecular weight excluding hydrogens is 330 g/mol. The van der Waals surface area contributed by atoms with Gasteiger partial charge in [-0.25, -0.2) is 17.2 Å². The molecule has 0 amide bonds. The van der Waals surface area contributed by atoms with Crippen molar-refractivity contribution in [3.63, 3.8) is 0 Å². The Morgan fingerprint density at radius 2 is 1.76 bits per heavy atom. The number of aliphatic carboxylic acids is 1. The van der Waals surface area contributed by atoms with Crippen LogP contribution in [0.25, 0.3) is 0 Å². The van der Waals surface area contributed by atoms with E-state index in [9.17, 15) is 22.0 Å². The molecule has 0 aliphatic rings. The molecule has 0 unspecified atom stereocenters. The zero-order valence-corrected chi connectivity index (χ0v) is 12.4. The lowest BCUT2D eigenvalue weighted by Crippen LogP contribution is -2.04. The molecular formula is C12H13ClF2O5S. The molecule has 0 atom stereocenters. The van der Waals surface area contributed by atoms with Crippen molar-refractivity contribution in [2.75, 3.05) is 6.61 Å². The first kappa shape index (κ1) is 17.6. The van der Waals surface area contributed by atoms with Crippen LogP contribution in [0.1, 0.15) is 25.7 Å². The SMILES string of the molecule is O=C(O)CCCCCOc1c(F)cc(S(=O)(=O)Cl)cc1F. The van der Waals surface area contributed by atoms with Crippen LogP contribution in [0.4, 0.5) is 8.78 Å². The third-order valence-corrected chi connectivity index (χ3v) is 3.87. The van der Waals surface area contributed by atoms with Crippen LogP contribution in [0.15, 0.2) is 17.0 Å². The molecule has 1 aromatic carbocycles. The van der Waals surface area contributed by atoms with Crippen molar-refractivity contribution in [3.8, 4) is 5.75 Å². The van der Waals surface area contributed by atoms with Crippen LogP contribution in [0.2, 0.25) is 0 Å². The number of carboxylic acid groups (broad SMARTS) is 1. The maximum absolute atomic E-state index is 13.6. The van der Waals surface area contributed by atoms with E-state index < -0.39 is 37.3 Å². The van der Waals surface area contributed by atoms with Gasteiger partial charge in [-0.3, -0.25) is 4.79 Å². The second-order valence-corrected chi connectivity index (χ2v) is 6.77. The number of carboxylic acids is 1. The Hall–Kier alpha value is -1.41. The number of hydrogen-bond acceptors (Lipinski definition) is 4. The maximum Gasteiger partial charge on any atom is 0.303 e. The van der Waals surface area contributed by atoms with Crippen LogP contribution in [-0.2, 0) is 13.8 Å². The van der Waals surface area contributed by atoms with Crippen molar-refractivity contribution in [2.24, 2.45) is 0 Å².